The van der Waals surface area contributed by atoms with Crippen LogP contribution in [0.4, 0.5) is 0 Å². The number of hydrazine groups is 1. The van der Waals surface area contributed by atoms with Crippen molar-refractivity contribution in [2.75, 3.05) is 20.2 Å². The zero-order valence-electron chi connectivity index (χ0n) is 13.2. The van der Waals surface area contributed by atoms with Gasteiger partial charge in [0.05, 0.1) is 13.7 Å². The second-order valence-electron chi connectivity index (χ2n) is 5.04. The molecule has 112 valence electrons. The quantitative estimate of drug-likeness (QED) is 0.719. The third-order valence-electron chi connectivity index (χ3n) is 3.29. The van der Waals surface area contributed by atoms with Crippen LogP contribution in [0.15, 0.2) is 24.3 Å². The highest BCUT2D eigenvalue weighted by atomic mass is 16.5. The summed E-state index contributed by atoms with van der Waals surface area (Å²) in [5, 5.41) is 3.92. The van der Waals surface area contributed by atoms with E-state index in [-0.39, 0.29) is 11.8 Å². The van der Waals surface area contributed by atoms with Crippen molar-refractivity contribution in [3.8, 4) is 5.75 Å². The monoisotopic (exact) mass is 278 g/mol. The first-order valence-electron chi connectivity index (χ1n) is 7.22. The lowest BCUT2D eigenvalue weighted by atomic mass is 10.1. The predicted octanol–water partition coefficient (Wildman–Crippen LogP) is 2.94. The number of amides is 1. The van der Waals surface area contributed by atoms with E-state index in [1.54, 1.807) is 7.11 Å². The molecule has 1 aromatic carbocycles. The highest BCUT2D eigenvalue weighted by Gasteiger charge is 2.22. The largest absolute Gasteiger partial charge is 0.497 e. The van der Waals surface area contributed by atoms with Crippen LogP contribution in [0.1, 0.15) is 33.3 Å². The molecule has 4 heteroatoms. The fourth-order valence-corrected chi connectivity index (χ4v) is 2.12. The van der Waals surface area contributed by atoms with Crippen molar-refractivity contribution in [1.29, 1.82) is 0 Å². The smallest absolute Gasteiger partial charge is 0.239 e. The SMILES string of the molecule is CCN(CC)N(Cc1cccc(OC)c1)C(=O)C(C)C. The molecule has 0 aliphatic rings. The van der Waals surface area contributed by atoms with Crippen LogP contribution >= 0.6 is 0 Å². The lowest BCUT2D eigenvalue weighted by Crippen LogP contribution is -2.47. The van der Waals surface area contributed by atoms with E-state index in [0.29, 0.717) is 6.54 Å². The fourth-order valence-electron chi connectivity index (χ4n) is 2.12. The number of nitrogens with zero attached hydrogens (tertiary/aromatic N) is 2. The van der Waals surface area contributed by atoms with Crippen molar-refractivity contribution in [3.63, 3.8) is 0 Å². The minimum absolute atomic E-state index is 0.0128. The standard InChI is InChI=1S/C16H26N2O2/c1-6-17(7-2)18(16(19)13(3)4)12-14-9-8-10-15(11-14)20-5/h8-11,13H,6-7,12H2,1-5H3. The summed E-state index contributed by atoms with van der Waals surface area (Å²) >= 11 is 0. The maximum Gasteiger partial charge on any atom is 0.239 e. The number of carbonyl (C=O) groups excluding carboxylic acids is 1. The van der Waals surface area contributed by atoms with Crippen molar-refractivity contribution in [3.05, 3.63) is 29.8 Å². The van der Waals surface area contributed by atoms with E-state index in [4.69, 9.17) is 4.74 Å². The zero-order valence-corrected chi connectivity index (χ0v) is 13.2. The van der Waals surface area contributed by atoms with Crippen molar-refractivity contribution < 1.29 is 9.53 Å². The maximum absolute atomic E-state index is 12.4. The Bertz CT molecular complexity index is 428. The molecular weight excluding hydrogens is 252 g/mol. The number of rotatable bonds is 7. The molecule has 1 aromatic rings. The van der Waals surface area contributed by atoms with Crippen LogP contribution in [0, 0.1) is 5.92 Å². The first-order chi connectivity index (χ1) is 9.53. The molecule has 0 aliphatic carbocycles. The Morgan fingerprint density at radius 3 is 2.40 bits per heavy atom. The fraction of sp³-hybridized carbons (Fsp3) is 0.562. The molecule has 4 nitrogen and oxygen atoms in total. The lowest BCUT2D eigenvalue weighted by molar-refractivity contribution is -0.153. The first-order valence-corrected chi connectivity index (χ1v) is 7.22. The van der Waals surface area contributed by atoms with Crippen LogP contribution in [-0.2, 0) is 11.3 Å². The van der Waals surface area contributed by atoms with Gasteiger partial charge in [0.2, 0.25) is 5.91 Å². The Kier molecular flexibility index (Phi) is 6.52. The van der Waals surface area contributed by atoms with Gasteiger partial charge in [0, 0.05) is 19.0 Å². The van der Waals surface area contributed by atoms with Crippen LogP contribution in [0.25, 0.3) is 0 Å². The molecule has 0 unspecified atom stereocenters. The van der Waals surface area contributed by atoms with Gasteiger partial charge in [-0.05, 0) is 17.7 Å². The van der Waals surface area contributed by atoms with Gasteiger partial charge in [-0.15, -0.1) is 0 Å². The lowest BCUT2D eigenvalue weighted by Gasteiger charge is -2.34. The summed E-state index contributed by atoms with van der Waals surface area (Å²) < 4.78 is 5.24. The molecule has 1 rings (SSSR count). The molecule has 0 spiro atoms. The maximum atomic E-state index is 12.4. The molecule has 0 saturated heterocycles. The van der Waals surface area contributed by atoms with Gasteiger partial charge in [-0.3, -0.25) is 9.80 Å². The van der Waals surface area contributed by atoms with Gasteiger partial charge < -0.3 is 4.74 Å². The number of hydrogen-bond acceptors (Lipinski definition) is 3. The number of carbonyl (C=O) groups is 1. The Labute approximate surface area is 122 Å². The van der Waals surface area contributed by atoms with E-state index in [9.17, 15) is 4.79 Å². The molecule has 0 aromatic heterocycles. The van der Waals surface area contributed by atoms with Crippen LogP contribution in [0.5, 0.6) is 5.75 Å². The van der Waals surface area contributed by atoms with Crippen LogP contribution in [-0.4, -0.2) is 36.1 Å². The van der Waals surface area contributed by atoms with E-state index in [1.165, 1.54) is 0 Å². The first kappa shape index (κ1) is 16.5. The van der Waals surface area contributed by atoms with Gasteiger partial charge in [0.15, 0.2) is 0 Å². The average Bonchev–Trinajstić information content (AvgIpc) is 2.46. The number of benzene rings is 1. The van der Waals surface area contributed by atoms with Gasteiger partial charge in [-0.2, -0.15) is 0 Å². The molecule has 0 aliphatic heterocycles. The van der Waals surface area contributed by atoms with Gasteiger partial charge in [-0.25, -0.2) is 5.01 Å². The van der Waals surface area contributed by atoms with Crippen molar-refractivity contribution in [2.45, 2.75) is 34.2 Å². The molecule has 1 amide bonds. The summed E-state index contributed by atoms with van der Waals surface area (Å²) in [6.07, 6.45) is 0. The van der Waals surface area contributed by atoms with E-state index >= 15 is 0 Å². The highest BCUT2D eigenvalue weighted by Crippen LogP contribution is 2.17. The van der Waals surface area contributed by atoms with Crippen LogP contribution < -0.4 is 4.74 Å². The van der Waals surface area contributed by atoms with Crippen molar-refractivity contribution >= 4 is 5.91 Å². The average molecular weight is 278 g/mol. The third kappa shape index (κ3) is 4.23. The summed E-state index contributed by atoms with van der Waals surface area (Å²) in [7, 11) is 1.65. The van der Waals surface area contributed by atoms with Gasteiger partial charge in [0.1, 0.15) is 5.75 Å². The van der Waals surface area contributed by atoms with Gasteiger partial charge in [0.25, 0.3) is 0 Å². The Morgan fingerprint density at radius 1 is 1.25 bits per heavy atom. The van der Waals surface area contributed by atoms with Crippen molar-refractivity contribution in [1.82, 2.24) is 10.0 Å². The molecule has 0 radical (unpaired) electrons. The molecule has 0 N–H and O–H groups in total. The molecule has 0 atom stereocenters. The van der Waals surface area contributed by atoms with Gasteiger partial charge in [-0.1, -0.05) is 39.8 Å². The highest BCUT2D eigenvalue weighted by molar-refractivity contribution is 5.77. The second kappa shape index (κ2) is 7.90. The van der Waals surface area contributed by atoms with E-state index in [1.807, 2.05) is 43.1 Å². The Balaban J connectivity index is 2.96. The molecular formula is C16H26N2O2. The minimum atomic E-state index is -0.0128. The summed E-state index contributed by atoms with van der Waals surface area (Å²) in [5.74, 6) is 0.955. The van der Waals surface area contributed by atoms with Crippen molar-refractivity contribution in [2.24, 2.45) is 5.92 Å². The molecule has 0 bridgehead atoms. The summed E-state index contributed by atoms with van der Waals surface area (Å²) in [6, 6.07) is 7.86. The number of methoxy groups -OCH3 is 1. The molecule has 20 heavy (non-hydrogen) atoms. The second-order valence-corrected chi connectivity index (χ2v) is 5.04. The van der Waals surface area contributed by atoms with Gasteiger partial charge >= 0.3 is 0 Å². The third-order valence-corrected chi connectivity index (χ3v) is 3.29. The summed E-state index contributed by atoms with van der Waals surface area (Å²) in [5.41, 5.74) is 1.07. The van der Waals surface area contributed by atoms with Crippen LogP contribution in [0.2, 0.25) is 0 Å². The summed E-state index contributed by atoms with van der Waals surface area (Å²) in [6.45, 7) is 10.2. The number of hydrogen-bond donors (Lipinski definition) is 0. The van der Waals surface area contributed by atoms with E-state index in [2.05, 4.69) is 18.9 Å². The van der Waals surface area contributed by atoms with E-state index in [0.717, 1.165) is 24.4 Å². The molecule has 0 fully saturated rings. The molecule has 0 heterocycles. The van der Waals surface area contributed by atoms with Crippen LogP contribution in [0.3, 0.4) is 0 Å². The molecule has 0 saturated carbocycles. The zero-order chi connectivity index (χ0) is 15.1. The predicted molar refractivity (Wildman–Crippen MR) is 81.3 cm³/mol. The Hall–Kier alpha value is -1.55. The topological polar surface area (TPSA) is 32.8 Å². The summed E-state index contributed by atoms with van der Waals surface area (Å²) in [4.78, 5) is 12.4. The minimum Gasteiger partial charge on any atom is -0.497 e. The number of ether oxygens (including phenoxy) is 1. The normalized spacial score (nSPS) is 10.9. The van der Waals surface area contributed by atoms with E-state index < -0.39 is 0 Å². The Morgan fingerprint density at radius 2 is 1.90 bits per heavy atom.